The van der Waals surface area contributed by atoms with Gasteiger partial charge in [-0.3, -0.25) is 0 Å². The van der Waals surface area contributed by atoms with Gasteiger partial charge in [-0.05, 0) is 19.1 Å². The predicted octanol–water partition coefficient (Wildman–Crippen LogP) is 2.01. The molecule has 0 amide bonds. The van der Waals surface area contributed by atoms with E-state index in [0.29, 0.717) is 12.5 Å². The van der Waals surface area contributed by atoms with E-state index in [-0.39, 0.29) is 0 Å². The maximum atomic E-state index is 5.59. The van der Waals surface area contributed by atoms with Gasteiger partial charge in [0.2, 0.25) is 5.95 Å². The smallest absolute Gasteiger partial charge is 0.229 e. The molecule has 0 saturated carbocycles. The first-order valence-electron chi connectivity index (χ1n) is 5.53. The van der Waals surface area contributed by atoms with Crippen LogP contribution in [-0.2, 0) is 6.54 Å². The van der Waals surface area contributed by atoms with Gasteiger partial charge in [-0.1, -0.05) is 18.2 Å². The summed E-state index contributed by atoms with van der Waals surface area (Å²) in [6.07, 6.45) is 1.79. The van der Waals surface area contributed by atoms with Gasteiger partial charge in [0.25, 0.3) is 0 Å². The van der Waals surface area contributed by atoms with Crippen molar-refractivity contribution in [3.8, 4) is 0 Å². The van der Waals surface area contributed by atoms with Gasteiger partial charge in [0.15, 0.2) is 0 Å². The molecular formula is C13H16N4. The monoisotopic (exact) mass is 228 g/mol. The quantitative estimate of drug-likeness (QED) is 0.873. The summed E-state index contributed by atoms with van der Waals surface area (Å²) in [5, 5.41) is 0. The van der Waals surface area contributed by atoms with Gasteiger partial charge < -0.3 is 10.6 Å². The fraction of sp³-hybridized carbons (Fsp3) is 0.231. The number of aromatic nitrogens is 2. The van der Waals surface area contributed by atoms with Crippen molar-refractivity contribution in [3.63, 3.8) is 0 Å². The van der Waals surface area contributed by atoms with E-state index in [1.165, 1.54) is 0 Å². The van der Waals surface area contributed by atoms with Gasteiger partial charge >= 0.3 is 0 Å². The van der Waals surface area contributed by atoms with Crippen molar-refractivity contribution >= 4 is 11.6 Å². The number of nitrogens with two attached hydrogens (primary N) is 1. The maximum Gasteiger partial charge on any atom is 0.229 e. The summed E-state index contributed by atoms with van der Waals surface area (Å²) >= 11 is 0. The van der Waals surface area contributed by atoms with Gasteiger partial charge in [0, 0.05) is 36.7 Å². The third-order valence-electron chi connectivity index (χ3n) is 2.73. The molecule has 0 atom stereocenters. The number of para-hydroxylation sites is 1. The highest BCUT2D eigenvalue weighted by Crippen LogP contribution is 2.19. The van der Waals surface area contributed by atoms with Crippen molar-refractivity contribution in [2.24, 2.45) is 5.73 Å². The number of nitrogens with zero attached hydrogens (tertiary/aromatic N) is 3. The largest absolute Gasteiger partial charge is 0.326 e. The van der Waals surface area contributed by atoms with Crippen LogP contribution >= 0.6 is 0 Å². The molecule has 88 valence electrons. The van der Waals surface area contributed by atoms with Crippen LogP contribution < -0.4 is 10.6 Å². The zero-order valence-corrected chi connectivity index (χ0v) is 10.1. The van der Waals surface area contributed by atoms with Crippen LogP contribution in [0, 0.1) is 6.92 Å². The molecule has 0 bridgehead atoms. The molecule has 0 saturated heterocycles. The minimum absolute atomic E-state index is 0.473. The highest BCUT2D eigenvalue weighted by atomic mass is 15.2. The number of hydrogen-bond acceptors (Lipinski definition) is 4. The van der Waals surface area contributed by atoms with Gasteiger partial charge in [0.1, 0.15) is 0 Å². The van der Waals surface area contributed by atoms with E-state index in [9.17, 15) is 0 Å². The number of benzene rings is 1. The lowest BCUT2D eigenvalue weighted by molar-refractivity contribution is 0.942. The molecular weight excluding hydrogens is 212 g/mol. The normalized spacial score (nSPS) is 10.3. The summed E-state index contributed by atoms with van der Waals surface area (Å²) in [7, 11) is 1.95. The lowest BCUT2D eigenvalue weighted by Gasteiger charge is -2.17. The Bertz CT molecular complexity index is 496. The van der Waals surface area contributed by atoms with Crippen LogP contribution in [0.1, 0.15) is 11.3 Å². The molecule has 1 aromatic heterocycles. The number of hydrogen-bond donors (Lipinski definition) is 1. The van der Waals surface area contributed by atoms with Crippen LogP contribution in [-0.4, -0.2) is 17.0 Å². The SMILES string of the molecule is Cc1nc(N(C)c2ccccc2)ncc1CN. The lowest BCUT2D eigenvalue weighted by Crippen LogP contribution is -2.14. The molecule has 4 nitrogen and oxygen atoms in total. The van der Waals surface area contributed by atoms with Crippen LogP contribution in [0.4, 0.5) is 11.6 Å². The Morgan fingerprint density at radius 2 is 1.94 bits per heavy atom. The Kier molecular flexibility index (Phi) is 3.35. The number of anilines is 2. The Hall–Kier alpha value is -1.94. The zero-order valence-electron chi connectivity index (χ0n) is 10.1. The zero-order chi connectivity index (χ0) is 12.3. The summed E-state index contributed by atoms with van der Waals surface area (Å²) in [5.41, 5.74) is 8.57. The molecule has 4 heteroatoms. The lowest BCUT2D eigenvalue weighted by atomic mass is 10.2. The van der Waals surface area contributed by atoms with E-state index in [1.54, 1.807) is 6.20 Å². The third kappa shape index (κ3) is 2.42. The maximum absolute atomic E-state index is 5.59. The molecule has 0 fully saturated rings. The van der Waals surface area contributed by atoms with Crippen molar-refractivity contribution in [1.82, 2.24) is 9.97 Å². The molecule has 1 aromatic carbocycles. The Morgan fingerprint density at radius 3 is 2.53 bits per heavy atom. The number of rotatable bonds is 3. The fourth-order valence-electron chi connectivity index (χ4n) is 1.61. The molecule has 2 aromatic rings. The van der Waals surface area contributed by atoms with Crippen LogP contribution in [0.25, 0.3) is 0 Å². The Labute approximate surface area is 101 Å². The molecule has 0 spiro atoms. The molecule has 0 aliphatic carbocycles. The van der Waals surface area contributed by atoms with Gasteiger partial charge in [-0.15, -0.1) is 0 Å². The summed E-state index contributed by atoms with van der Waals surface area (Å²) in [5.74, 6) is 0.686. The topological polar surface area (TPSA) is 55.0 Å². The number of aryl methyl sites for hydroxylation is 1. The van der Waals surface area contributed by atoms with E-state index in [0.717, 1.165) is 16.9 Å². The van der Waals surface area contributed by atoms with E-state index in [2.05, 4.69) is 9.97 Å². The molecule has 0 aliphatic heterocycles. The second-order valence-corrected chi connectivity index (χ2v) is 3.88. The molecule has 0 aliphatic rings. The predicted molar refractivity (Wildman–Crippen MR) is 69.2 cm³/mol. The van der Waals surface area contributed by atoms with E-state index in [4.69, 9.17) is 5.73 Å². The van der Waals surface area contributed by atoms with Crippen LogP contribution in [0.3, 0.4) is 0 Å². The van der Waals surface area contributed by atoms with Crippen molar-refractivity contribution in [2.75, 3.05) is 11.9 Å². The average molecular weight is 228 g/mol. The summed E-state index contributed by atoms with van der Waals surface area (Å²) in [6.45, 7) is 2.42. The summed E-state index contributed by atoms with van der Waals surface area (Å²) < 4.78 is 0. The highest BCUT2D eigenvalue weighted by molar-refractivity contribution is 5.55. The molecule has 17 heavy (non-hydrogen) atoms. The van der Waals surface area contributed by atoms with Crippen LogP contribution in [0.15, 0.2) is 36.5 Å². The second kappa shape index (κ2) is 4.93. The minimum Gasteiger partial charge on any atom is -0.326 e. The van der Waals surface area contributed by atoms with Crippen LogP contribution in [0.5, 0.6) is 0 Å². The van der Waals surface area contributed by atoms with Gasteiger partial charge in [-0.2, -0.15) is 0 Å². The second-order valence-electron chi connectivity index (χ2n) is 3.88. The van der Waals surface area contributed by atoms with Crippen molar-refractivity contribution < 1.29 is 0 Å². The molecule has 0 unspecified atom stereocenters. The summed E-state index contributed by atoms with van der Waals surface area (Å²) in [4.78, 5) is 10.7. The van der Waals surface area contributed by atoms with E-state index >= 15 is 0 Å². The molecule has 2 rings (SSSR count). The molecule has 2 N–H and O–H groups in total. The molecule has 1 heterocycles. The highest BCUT2D eigenvalue weighted by Gasteiger charge is 2.08. The van der Waals surface area contributed by atoms with E-state index in [1.807, 2.05) is 49.2 Å². The van der Waals surface area contributed by atoms with Gasteiger partial charge in [0.05, 0.1) is 0 Å². The fourth-order valence-corrected chi connectivity index (χ4v) is 1.61. The third-order valence-corrected chi connectivity index (χ3v) is 2.73. The standard InChI is InChI=1S/C13H16N4/c1-10-11(8-14)9-15-13(16-10)17(2)12-6-4-3-5-7-12/h3-7,9H,8,14H2,1-2H3. The van der Waals surface area contributed by atoms with E-state index < -0.39 is 0 Å². The van der Waals surface area contributed by atoms with Crippen molar-refractivity contribution in [1.29, 1.82) is 0 Å². The molecule has 0 radical (unpaired) electrons. The first kappa shape index (κ1) is 11.5. The van der Waals surface area contributed by atoms with Crippen molar-refractivity contribution in [3.05, 3.63) is 47.8 Å². The Morgan fingerprint density at radius 1 is 1.24 bits per heavy atom. The Balaban J connectivity index is 2.32. The first-order valence-corrected chi connectivity index (χ1v) is 5.53. The first-order chi connectivity index (χ1) is 8.22. The summed E-state index contributed by atoms with van der Waals surface area (Å²) in [6, 6.07) is 10.0. The van der Waals surface area contributed by atoms with Crippen molar-refractivity contribution in [2.45, 2.75) is 13.5 Å². The van der Waals surface area contributed by atoms with Gasteiger partial charge in [-0.25, -0.2) is 9.97 Å². The average Bonchev–Trinajstić information content (AvgIpc) is 2.39. The minimum atomic E-state index is 0.473. The van der Waals surface area contributed by atoms with Crippen LogP contribution in [0.2, 0.25) is 0 Å².